The lowest BCUT2D eigenvalue weighted by Gasteiger charge is -2.34. The molecule has 1 aliphatic rings. The van der Waals surface area contributed by atoms with Crippen LogP contribution in [0.1, 0.15) is 19.8 Å². The zero-order valence-electron chi connectivity index (χ0n) is 13.7. The van der Waals surface area contributed by atoms with Crippen molar-refractivity contribution < 1.29 is 14.6 Å². The Bertz CT molecular complexity index is 693. The van der Waals surface area contributed by atoms with Crippen molar-refractivity contribution >= 4 is 16.8 Å². The third-order valence-corrected chi connectivity index (χ3v) is 4.78. The average molecular weight is 316 g/mol. The Kier molecular flexibility index (Phi) is 4.57. The van der Waals surface area contributed by atoms with E-state index in [0.29, 0.717) is 13.1 Å². The van der Waals surface area contributed by atoms with Crippen molar-refractivity contribution in [2.24, 2.45) is 5.92 Å². The fourth-order valence-electron chi connectivity index (χ4n) is 3.32. The van der Waals surface area contributed by atoms with E-state index in [1.54, 1.807) is 7.11 Å². The quantitative estimate of drug-likeness (QED) is 0.941. The van der Waals surface area contributed by atoms with Crippen molar-refractivity contribution in [2.45, 2.75) is 32.4 Å². The molecule has 124 valence electrons. The van der Waals surface area contributed by atoms with Crippen molar-refractivity contribution in [3.63, 3.8) is 0 Å². The molecule has 2 unspecified atom stereocenters. The van der Waals surface area contributed by atoms with Crippen LogP contribution in [-0.4, -0.2) is 46.8 Å². The Morgan fingerprint density at radius 1 is 1.43 bits per heavy atom. The standard InChI is InChI=1S/C18H24N2O3/c1-13(21)15-4-3-8-20(11-15)18(22)12-19-9-7-14-10-16(23-2)5-6-17(14)19/h5-7,9-10,13,15,21H,3-4,8,11-12H2,1-2H3. The number of hydrogen-bond donors (Lipinski definition) is 1. The number of hydrogen-bond acceptors (Lipinski definition) is 3. The topological polar surface area (TPSA) is 54.7 Å². The Morgan fingerprint density at radius 2 is 2.26 bits per heavy atom. The minimum absolute atomic E-state index is 0.115. The van der Waals surface area contributed by atoms with E-state index in [-0.39, 0.29) is 17.9 Å². The second-order valence-corrected chi connectivity index (χ2v) is 6.35. The first-order valence-corrected chi connectivity index (χ1v) is 8.17. The Balaban J connectivity index is 1.72. The monoisotopic (exact) mass is 316 g/mol. The molecular weight excluding hydrogens is 292 g/mol. The van der Waals surface area contributed by atoms with Gasteiger partial charge in [-0.1, -0.05) is 0 Å². The molecule has 23 heavy (non-hydrogen) atoms. The summed E-state index contributed by atoms with van der Waals surface area (Å²) in [5, 5.41) is 10.8. The highest BCUT2D eigenvalue weighted by Crippen LogP contribution is 2.23. The van der Waals surface area contributed by atoms with Gasteiger partial charge in [0.2, 0.25) is 5.91 Å². The number of nitrogens with zero attached hydrogens (tertiary/aromatic N) is 2. The zero-order chi connectivity index (χ0) is 16.4. The molecule has 1 aliphatic heterocycles. The molecule has 1 amide bonds. The maximum Gasteiger partial charge on any atom is 0.242 e. The molecule has 0 spiro atoms. The number of benzene rings is 1. The number of rotatable bonds is 4. The lowest BCUT2D eigenvalue weighted by atomic mass is 9.93. The van der Waals surface area contributed by atoms with Crippen LogP contribution in [0, 0.1) is 5.92 Å². The van der Waals surface area contributed by atoms with Crippen molar-refractivity contribution in [1.82, 2.24) is 9.47 Å². The predicted molar refractivity (Wildman–Crippen MR) is 89.5 cm³/mol. The van der Waals surface area contributed by atoms with Crippen LogP contribution < -0.4 is 4.74 Å². The minimum atomic E-state index is -0.356. The zero-order valence-corrected chi connectivity index (χ0v) is 13.7. The number of piperidine rings is 1. The summed E-state index contributed by atoms with van der Waals surface area (Å²) in [7, 11) is 1.65. The molecule has 0 radical (unpaired) electrons. The molecule has 1 aromatic heterocycles. The molecule has 1 fully saturated rings. The molecule has 0 saturated carbocycles. The van der Waals surface area contributed by atoms with Gasteiger partial charge in [-0.2, -0.15) is 0 Å². The molecule has 0 aliphatic carbocycles. The van der Waals surface area contributed by atoms with Gasteiger partial charge in [-0.15, -0.1) is 0 Å². The van der Waals surface area contributed by atoms with Crippen molar-refractivity contribution in [2.75, 3.05) is 20.2 Å². The smallest absolute Gasteiger partial charge is 0.242 e. The predicted octanol–water partition coefficient (Wildman–Crippen LogP) is 2.27. The second kappa shape index (κ2) is 6.62. The summed E-state index contributed by atoms with van der Waals surface area (Å²) in [6.07, 6.45) is 3.54. The highest BCUT2D eigenvalue weighted by molar-refractivity contribution is 5.84. The fourth-order valence-corrected chi connectivity index (χ4v) is 3.32. The molecule has 1 aromatic carbocycles. The van der Waals surface area contributed by atoms with E-state index < -0.39 is 0 Å². The third-order valence-electron chi connectivity index (χ3n) is 4.78. The van der Waals surface area contributed by atoms with Crippen LogP contribution in [0.15, 0.2) is 30.5 Å². The molecule has 2 aromatic rings. The summed E-state index contributed by atoms with van der Waals surface area (Å²) in [4.78, 5) is 14.5. The van der Waals surface area contributed by atoms with Crippen LogP contribution >= 0.6 is 0 Å². The first kappa shape index (κ1) is 15.9. The first-order chi connectivity index (χ1) is 11.1. The first-order valence-electron chi connectivity index (χ1n) is 8.17. The van der Waals surface area contributed by atoms with E-state index in [1.165, 1.54) is 0 Å². The maximum atomic E-state index is 12.6. The maximum absolute atomic E-state index is 12.6. The van der Waals surface area contributed by atoms with Gasteiger partial charge in [0.05, 0.1) is 13.2 Å². The average Bonchev–Trinajstić information content (AvgIpc) is 2.97. The van der Waals surface area contributed by atoms with Gasteiger partial charge in [0, 0.05) is 36.1 Å². The van der Waals surface area contributed by atoms with E-state index >= 15 is 0 Å². The van der Waals surface area contributed by atoms with E-state index in [0.717, 1.165) is 36.0 Å². The summed E-state index contributed by atoms with van der Waals surface area (Å²) < 4.78 is 7.21. The third kappa shape index (κ3) is 3.34. The van der Waals surface area contributed by atoms with E-state index in [1.807, 2.05) is 46.9 Å². The molecule has 1 N–H and O–H groups in total. The number of aliphatic hydroxyl groups excluding tert-OH is 1. The number of aromatic nitrogens is 1. The molecule has 5 nitrogen and oxygen atoms in total. The number of aliphatic hydroxyl groups is 1. The van der Waals surface area contributed by atoms with Gasteiger partial charge in [0.15, 0.2) is 0 Å². The summed E-state index contributed by atoms with van der Waals surface area (Å²) in [6, 6.07) is 7.87. The summed E-state index contributed by atoms with van der Waals surface area (Å²) in [5.74, 6) is 1.12. The summed E-state index contributed by atoms with van der Waals surface area (Å²) >= 11 is 0. The largest absolute Gasteiger partial charge is 0.497 e. The molecule has 5 heteroatoms. The Morgan fingerprint density at radius 3 is 3.00 bits per heavy atom. The highest BCUT2D eigenvalue weighted by Gasteiger charge is 2.26. The summed E-state index contributed by atoms with van der Waals surface area (Å²) in [6.45, 7) is 3.59. The van der Waals surface area contributed by atoms with Gasteiger partial charge < -0.3 is 19.3 Å². The van der Waals surface area contributed by atoms with Gasteiger partial charge in [-0.25, -0.2) is 0 Å². The lowest BCUT2D eigenvalue weighted by molar-refractivity contribution is -0.134. The number of likely N-dealkylation sites (tertiary alicyclic amines) is 1. The van der Waals surface area contributed by atoms with Crippen molar-refractivity contribution in [1.29, 1.82) is 0 Å². The van der Waals surface area contributed by atoms with Crippen LogP contribution in [0.25, 0.3) is 10.9 Å². The number of ether oxygens (including phenoxy) is 1. The van der Waals surface area contributed by atoms with Crippen LogP contribution in [0.4, 0.5) is 0 Å². The van der Waals surface area contributed by atoms with Gasteiger partial charge in [0.25, 0.3) is 0 Å². The Labute approximate surface area is 136 Å². The van der Waals surface area contributed by atoms with Gasteiger partial charge >= 0.3 is 0 Å². The minimum Gasteiger partial charge on any atom is -0.497 e. The van der Waals surface area contributed by atoms with Crippen LogP contribution in [0.2, 0.25) is 0 Å². The molecule has 3 rings (SSSR count). The molecule has 2 atom stereocenters. The van der Waals surface area contributed by atoms with Gasteiger partial charge in [-0.3, -0.25) is 4.79 Å². The normalized spacial score (nSPS) is 19.8. The van der Waals surface area contributed by atoms with E-state index in [2.05, 4.69) is 0 Å². The summed E-state index contributed by atoms with van der Waals surface area (Å²) in [5.41, 5.74) is 1.03. The van der Waals surface area contributed by atoms with Crippen LogP contribution in [0.3, 0.4) is 0 Å². The number of amides is 1. The van der Waals surface area contributed by atoms with Crippen LogP contribution in [-0.2, 0) is 11.3 Å². The number of fused-ring (bicyclic) bond motifs is 1. The number of methoxy groups -OCH3 is 1. The molecule has 2 heterocycles. The van der Waals surface area contributed by atoms with E-state index in [4.69, 9.17) is 4.74 Å². The molecular formula is C18H24N2O3. The lowest BCUT2D eigenvalue weighted by Crippen LogP contribution is -2.44. The van der Waals surface area contributed by atoms with E-state index in [9.17, 15) is 9.90 Å². The highest BCUT2D eigenvalue weighted by atomic mass is 16.5. The SMILES string of the molecule is COc1ccc2c(ccn2CC(=O)N2CCCC(C(C)O)C2)c1. The number of carbonyl (C=O) groups excluding carboxylic acids is 1. The van der Waals surface area contributed by atoms with Gasteiger partial charge in [-0.05, 0) is 44.0 Å². The molecule has 1 saturated heterocycles. The molecule has 0 bridgehead atoms. The Hall–Kier alpha value is -2.01. The number of carbonyl (C=O) groups is 1. The fraction of sp³-hybridized carbons (Fsp3) is 0.500. The van der Waals surface area contributed by atoms with Crippen molar-refractivity contribution in [3.05, 3.63) is 30.5 Å². The van der Waals surface area contributed by atoms with Gasteiger partial charge in [0.1, 0.15) is 12.3 Å². The van der Waals surface area contributed by atoms with Crippen molar-refractivity contribution in [3.8, 4) is 5.75 Å². The van der Waals surface area contributed by atoms with Crippen LogP contribution in [0.5, 0.6) is 5.75 Å². The second-order valence-electron chi connectivity index (χ2n) is 6.35.